The van der Waals surface area contributed by atoms with Crippen molar-refractivity contribution >= 4 is 5.97 Å². The van der Waals surface area contributed by atoms with Gasteiger partial charge in [-0.15, -0.1) is 0 Å². The zero-order chi connectivity index (χ0) is 39.6. The van der Waals surface area contributed by atoms with Gasteiger partial charge in [-0.05, 0) is 154 Å². The molecule has 11 nitrogen and oxygen atoms in total. The van der Waals surface area contributed by atoms with Crippen LogP contribution in [-0.4, -0.2) is 113 Å². The molecule has 11 heteroatoms. The molecule has 0 radical (unpaired) electrons. The van der Waals surface area contributed by atoms with E-state index >= 15 is 0 Å². The first-order valence-electron chi connectivity index (χ1n) is 21.2. The average Bonchev–Trinajstić information content (AvgIpc) is 3.06. The zero-order valence-corrected chi connectivity index (χ0v) is 33.4. The Morgan fingerprint density at radius 3 is 1.28 bits per heavy atom. The van der Waals surface area contributed by atoms with Crippen molar-refractivity contribution in [3.05, 3.63) is 11.6 Å². The molecule has 0 amide bonds. The SMILES string of the molecule is CCCC[C@@H](C)[C@@H]1C[C@@H](O)CCC[C@H](O)C[C@@H](O)C[C@@H](O)CCC[C@H](O)CCC[C@H](O)CCC[C@H](O)CCC[C@@H](O)C[C@@H](O)CCC/C(C)=C\C(=O)O1. The molecule has 0 aliphatic carbocycles. The monoisotopic (exact) mass is 761 g/mol. The van der Waals surface area contributed by atoms with Crippen LogP contribution in [0.25, 0.3) is 0 Å². The van der Waals surface area contributed by atoms with E-state index in [0.29, 0.717) is 122 Å². The molecule has 0 saturated heterocycles. The standard InChI is InChI=1S/C42H80O11/c1-4-5-13-31(3)41-29-39(50)24-11-23-38(49)28-40(51)27-37(48)22-10-19-34(45)17-8-15-32(43)14-7-16-33(44)18-9-21-36(47)26-35(46)20-6-12-30(2)25-42(52)53-41/h25,31-41,43-51H,4-24,26-29H2,1-3H3/b30-25-/t31-,32-,33+,34-,35+,36-,37+,38+,39+,40+,41+/m1/s1. The molecule has 1 aliphatic heterocycles. The number of aliphatic hydroxyl groups is 9. The molecular formula is C42H80O11. The van der Waals surface area contributed by atoms with Gasteiger partial charge in [0.1, 0.15) is 6.10 Å². The van der Waals surface area contributed by atoms with Crippen molar-refractivity contribution in [1.29, 1.82) is 0 Å². The van der Waals surface area contributed by atoms with Crippen LogP contribution in [0.1, 0.15) is 181 Å². The van der Waals surface area contributed by atoms with E-state index in [-0.39, 0.29) is 25.2 Å². The number of unbranched alkanes of at least 4 members (excludes halogenated alkanes) is 1. The topological polar surface area (TPSA) is 208 Å². The number of allylic oxidation sites excluding steroid dienone is 1. The van der Waals surface area contributed by atoms with E-state index in [1.54, 1.807) is 0 Å². The number of esters is 1. The molecule has 53 heavy (non-hydrogen) atoms. The van der Waals surface area contributed by atoms with Crippen LogP contribution < -0.4 is 0 Å². The highest BCUT2D eigenvalue weighted by molar-refractivity contribution is 5.82. The molecular weight excluding hydrogens is 680 g/mol. The summed E-state index contributed by atoms with van der Waals surface area (Å²) in [6.07, 6.45) is 8.57. The molecule has 9 N–H and O–H groups in total. The minimum atomic E-state index is -0.869. The molecule has 0 aromatic carbocycles. The van der Waals surface area contributed by atoms with Gasteiger partial charge in [0, 0.05) is 12.5 Å². The maximum Gasteiger partial charge on any atom is 0.330 e. The molecule has 0 bridgehead atoms. The molecule has 0 fully saturated rings. The Hall–Kier alpha value is -1.15. The van der Waals surface area contributed by atoms with E-state index < -0.39 is 67.0 Å². The summed E-state index contributed by atoms with van der Waals surface area (Å²) in [5.41, 5.74) is 0.829. The Kier molecular flexibility index (Phi) is 28.3. The first-order valence-corrected chi connectivity index (χ1v) is 21.2. The third kappa shape index (κ3) is 27.2. The van der Waals surface area contributed by atoms with Crippen LogP contribution in [0.5, 0.6) is 0 Å². The van der Waals surface area contributed by atoms with E-state index in [1.807, 2.05) is 13.8 Å². The summed E-state index contributed by atoms with van der Waals surface area (Å²) in [5, 5.41) is 94.2. The lowest BCUT2D eigenvalue weighted by molar-refractivity contribution is -0.147. The van der Waals surface area contributed by atoms with E-state index in [9.17, 15) is 50.8 Å². The van der Waals surface area contributed by atoms with Gasteiger partial charge < -0.3 is 50.7 Å². The average molecular weight is 761 g/mol. The lowest BCUT2D eigenvalue weighted by Gasteiger charge is -2.26. The summed E-state index contributed by atoms with van der Waals surface area (Å²) in [6, 6.07) is 0. The minimum absolute atomic E-state index is 0.0578. The smallest absolute Gasteiger partial charge is 0.330 e. The maximum atomic E-state index is 12.9. The summed E-state index contributed by atoms with van der Waals surface area (Å²) >= 11 is 0. The van der Waals surface area contributed by atoms with E-state index in [1.165, 1.54) is 6.08 Å². The number of rotatable bonds is 4. The molecule has 0 saturated carbocycles. The number of hydrogen-bond donors (Lipinski definition) is 9. The highest BCUT2D eigenvalue weighted by atomic mass is 16.5. The summed E-state index contributed by atoms with van der Waals surface area (Å²) in [4.78, 5) is 12.9. The van der Waals surface area contributed by atoms with Crippen molar-refractivity contribution in [1.82, 2.24) is 0 Å². The van der Waals surface area contributed by atoms with E-state index in [0.717, 1.165) is 24.8 Å². The van der Waals surface area contributed by atoms with Crippen LogP contribution in [0.15, 0.2) is 11.6 Å². The molecule has 1 heterocycles. The van der Waals surface area contributed by atoms with Gasteiger partial charge in [-0.3, -0.25) is 0 Å². The fourth-order valence-electron chi connectivity index (χ4n) is 7.46. The van der Waals surface area contributed by atoms with E-state index in [4.69, 9.17) is 4.74 Å². The van der Waals surface area contributed by atoms with Crippen LogP contribution in [0, 0.1) is 5.92 Å². The van der Waals surface area contributed by atoms with Gasteiger partial charge in [-0.25, -0.2) is 4.79 Å². The van der Waals surface area contributed by atoms with Crippen molar-refractivity contribution in [2.45, 2.75) is 242 Å². The summed E-state index contributed by atoms with van der Waals surface area (Å²) in [6.45, 7) is 5.99. The van der Waals surface area contributed by atoms with Gasteiger partial charge in [-0.2, -0.15) is 0 Å². The van der Waals surface area contributed by atoms with Crippen LogP contribution >= 0.6 is 0 Å². The second-order valence-corrected chi connectivity index (χ2v) is 16.5. The molecule has 1 aliphatic rings. The predicted octanol–water partition coefficient (Wildman–Crippen LogP) is 5.51. The van der Waals surface area contributed by atoms with Gasteiger partial charge in [0.2, 0.25) is 0 Å². The van der Waals surface area contributed by atoms with Gasteiger partial charge in [0.15, 0.2) is 0 Å². The highest BCUT2D eigenvalue weighted by Crippen LogP contribution is 2.24. The molecule has 0 unspecified atom stereocenters. The van der Waals surface area contributed by atoms with Crippen molar-refractivity contribution in [3.8, 4) is 0 Å². The van der Waals surface area contributed by atoms with E-state index in [2.05, 4.69) is 6.92 Å². The largest absolute Gasteiger partial charge is 0.459 e. The van der Waals surface area contributed by atoms with Crippen molar-refractivity contribution in [3.63, 3.8) is 0 Å². The first kappa shape index (κ1) is 49.9. The molecule has 1 rings (SSSR count). The van der Waals surface area contributed by atoms with Crippen LogP contribution in [-0.2, 0) is 9.53 Å². The number of cyclic esters (lactones) is 1. The Balaban J connectivity index is 2.79. The predicted molar refractivity (Wildman–Crippen MR) is 208 cm³/mol. The number of aliphatic hydroxyl groups excluding tert-OH is 9. The fourth-order valence-corrected chi connectivity index (χ4v) is 7.46. The molecule has 11 atom stereocenters. The zero-order valence-electron chi connectivity index (χ0n) is 33.4. The van der Waals surface area contributed by atoms with Crippen LogP contribution in [0.2, 0.25) is 0 Å². The lowest BCUT2D eigenvalue weighted by atomic mass is 9.92. The molecule has 0 aromatic heterocycles. The number of hydrogen-bond acceptors (Lipinski definition) is 11. The van der Waals surface area contributed by atoms with Crippen molar-refractivity contribution < 1.29 is 55.5 Å². The van der Waals surface area contributed by atoms with Gasteiger partial charge in [0.05, 0.1) is 54.9 Å². The third-order valence-corrected chi connectivity index (χ3v) is 10.9. The third-order valence-electron chi connectivity index (χ3n) is 10.9. The fraction of sp³-hybridized carbons (Fsp3) is 0.929. The second kappa shape index (κ2) is 30.0. The van der Waals surface area contributed by atoms with Crippen molar-refractivity contribution in [2.75, 3.05) is 0 Å². The van der Waals surface area contributed by atoms with Crippen LogP contribution in [0.3, 0.4) is 0 Å². The summed E-state index contributed by atoms with van der Waals surface area (Å²) in [5.74, 6) is -0.397. The normalized spacial score (nSPS) is 35.7. The maximum absolute atomic E-state index is 12.9. The quantitative estimate of drug-likeness (QED) is 0.163. The Morgan fingerprint density at radius 1 is 0.547 bits per heavy atom. The van der Waals surface area contributed by atoms with Gasteiger partial charge >= 0.3 is 5.97 Å². The Bertz CT molecular complexity index is 933. The van der Waals surface area contributed by atoms with Gasteiger partial charge in [0.25, 0.3) is 0 Å². The Morgan fingerprint density at radius 2 is 0.887 bits per heavy atom. The first-order chi connectivity index (χ1) is 25.2. The molecule has 0 spiro atoms. The number of carbonyl (C=O) groups excluding carboxylic acids is 1. The Labute approximate surface area is 320 Å². The highest BCUT2D eigenvalue weighted by Gasteiger charge is 2.25. The molecule has 0 aromatic rings. The molecule has 314 valence electrons. The second-order valence-electron chi connectivity index (χ2n) is 16.5. The van der Waals surface area contributed by atoms with Gasteiger partial charge in [-0.1, -0.05) is 32.3 Å². The summed E-state index contributed by atoms with van der Waals surface area (Å²) in [7, 11) is 0. The minimum Gasteiger partial charge on any atom is -0.459 e. The summed E-state index contributed by atoms with van der Waals surface area (Å²) < 4.78 is 5.88. The van der Waals surface area contributed by atoms with Crippen molar-refractivity contribution in [2.24, 2.45) is 5.92 Å². The number of ether oxygens (including phenoxy) is 1. The number of carbonyl (C=O) groups is 1. The van der Waals surface area contributed by atoms with Crippen LogP contribution in [0.4, 0.5) is 0 Å². The lowest BCUT2D eigenvalue weighted by Crippen LogP contribution is -2.29.